The van der Waals surface area contributed by atoms with Crippen molar-refractivity contribution < 1.29 is 14.7 Å². The molecule has 0 aliphatic carbocycles. The molecule has 0 saturated heterocycles. The molecule has 2 amide bonds. The zero-order chi connectivity index (χ0) is 13.7. The van der Waals surface area contributed by atoms with Crippen LogP contribution in [0.2, 0.25) is 0 Å². The highest BCUT2D eigenvalue weighted by Crippen LogP contribution is 2.02. The molecule has 0 fully saturated rings. The van der Waals surface area contributed by atoms with E-state index in [-0.39, 0.29) is 0 Å². The van der Waals surface area contributed by atoms with Crippen LogP contribution in [0.25, 0.3) is 0 Å². The van der Waals surface area contributed by atoms with Gasteiger partial charge in [0.1, 0.15) is 5.82 Å². The highest BCUT2D eigenvalue weighted by molar-refractivity contribution is 5.76. The lowest BCUT2D eigenvalue weighted by Gasteiger charge is -2.18. The summed E-state index contributed by atoms with van der Waals surface area (Å²) in [7, 11) is 1.83. The zero-order valence-electron chi connectivity index (χ0n) is 10.7. The van der Waals surface area contributed by atoms with Crippen LogP contribution in [0.3, 0.4) is 0 Å². The van der Waals surface area contributed by atoms with E-state index in [2.05, 4.69) is 15.6 Å². The Hall–Kier alpha value is -2.05. The van der Waals surface area contributed by atoms with Crippen molar-refractivity contribution in [2.75, 3.05) is 0 Å². The Morgan fingerprint density at radius 1 is 1.50 bits per heavy atom. The third kappa shape index (κ3) is 3.76. The molecule has 0 aliphatic rings. The molecule has 1 rings (SSSR count). The van der Waals surface area contributed by atoms with Gasteiger partial charge in [-0.05, 0) is 13.8 Å². The van der Waals surface area contributed by atoms with Crippen molar-refractivity contribution in [2.24, 2.45) is 13.0 Å². The lowest BCUT2D eigenvalue weighted by atomic mass is 10.0. The van der Waals surface area contributed by atoms with Crippen LogP contribution in [-0.4, -0.2) is 32.7 Å². The Balaban J connectivity index is 2.38. The minimum Gasteiger partial charge on any atom is -0.481 e. The van der Waals surface area contributed by atoms with Gasteiger partial charge in [-0.1, -0.05) is 0 Å². The lowest BCUT2D eigenvalue weighted by Crippen LogP contribution is -2.45. The first-order chi connectivity index (χ1) is 8.41. The summed E-state index contributed by atoms with van der Waals surface area (Å²) in [5.41, 5.74) is 0. The molecule has 0 saturated carbocycles. The molecule has 2 unspecified atom stereocenters. The maximum absolute atomic E-state index is 11.5. The second-order valence-electron chi connectivity index (χ2n) is 4.20. The molecular formula is C11H18N4O3. The Morgan fingerprint density at radius 3 is 2.67 bits per heavy atom. The number of hydrogen-bond acceptors (Lipinski definition) is 3. The predicted molar refractivity (Wildman–Crippen MR) is 64.8 cm³/mol. The maximum atomic E-state index is 11.5. The second kappa shape index (κ2) is 6.04. The molecule has 1 heterocycles. The zero-order valence-corrected chi connectivity index (χ0v) is 10.7. The molecule has 0 radical (unpaired) electrons. The number of urea groups is 1. The van der Waals surface area contributed by atoms with Crippen molar-refractivity contribution >= 4 is 12.0 Å². The van der Waals surface area contributed by atoms with Crippen molar-refractivity contribution in [3.05, 3.63) is 18.2 Å². The second-order valence-corrected chi connectivity index (χ2v) is 4.20. The molecule has 3 N–H and O–H groups in total. The molecule has 0 spiro atoms. The quantitative estimate of drug-likeness (QED) is 0.705. The molecule has 1 aromatic heterocycles. The first kappa shape index (κ1) is 14.0. The molecule has 7 nitrogen and oxygen atoms in total. The summed E-state index contributed by atoms with van der Waals surface area (Å²) in [6.45, 7) is 3.49. The van der Waals surface area contributed by atoms with Crippen LogP contribution in [0.15, 0.2) is 12.4 Å². The van der Waals surface area contributed by atoms with Gasteiger partial charge < -0.3 is 20.3 Å². The third-order valence-corrected chi connectivity index (χ3v) is 2.83. The van der Waals surface area contributed by atoms with Gasteiger partial charge in [0.05, 0.1) is 12.5 Å². The van der Waals surface area contributed by atoms with Gasteiger partial charge in [-0.2, -0.15) is 0 Å². The number of carbonyl (C=O) groups excluding carboxylic acids is 1. The van der Waals surface area contributed by atoms with Gasteiger partial charge in [-0.3, -0.25) is 4.79 Å². The molecule has 0 aliphatic heterocycles. The number of carboxylic acids is 1. The van der Waals surface area contributed by atoms with Crippen LogP contribution < -0.4 is 10.6 Å². The fourth-order valence-electron chi connectivity index (χ4n) is 1.32. The highest BCUT2D eigenvalue weighted by atomic mass is 16.4. The number of amides is 2. The number of nitrogens with one attached hydrogen (secondary N) is 2. The lowest BCUT2D eigenvalue weighted by molar-refractivity contribution is -0.141. The summed E-state index contributed by atoms with van der Waals surface area (Å²) in [6.07, 6.45) is 3.42. The van der Waals surface area contributed by atoms with Crippen molar-refractivity contribution in [1.29, 1.82) is 0 Å². The van der Waals surface area contributed by atoms with Crippen LogP contribution in [-0.2, 0) is 18.4 Å². The normalized spacial score (nSPS) is 13.7. The molecule has 2 atom stereocenters. The van der Waals surface area contributed by atoms with E-state index in [9.17, 15) is 9.59 Å². The number of hydrogen-bond donors (Lipinski definition) is 3. The summed E-state index contributed by atoms with van der Waals surface area (Å²) < 4.78 is 1.80. The van der Waals surface area contributed by atoms with Gasteiger partial charge in [-0.15, -0.1) is 0 Å². The topological polar surface area (TPSA) is 96.3 Å². The molecule has 0 aromatic carbocycles. The highest BCUT2D eigenvalue weighted by Gasteiger charge is 2.20. The van der Waals surface area contributed by atoms with Gasteiger partial charge in [0.15, 0.2) is 0 Å². The van der Waals surface area contributed by atoms with Crippen LogP contribution in [0.4, 0.5) is 4.79 Å². The van der Waals surface area contributed by atoms with Crippen LogP contribution in [0.5, 0.6) is 0 Å². The summed E-state index contributed by atoms with van der Waals surface area (Å²) in [5.74, 6) is -0.847. The number of carbonyl (C=O) groups is 2. The average molecular weight is 254 g/mol. The Labute approximate surface area is 105 Å². The SMILES string of the molecule is CC(NC(=O)NCc1nccn1C)C(C)C(=O)O. The van der Waals surface area contributed by atoms with Gasteiger partial charge in [0, 0.05) is 25.5 Å². The number of imidazole rings is 1. The molecule has 100 valence electrons. The maximum Gasteiger partial charge on any atom is 0.315 e. The van der Waals surface area contributed by atoms with Crippen molar-refractivity contribution in [3.63, 3.8) is 0 Å². The van der Waals surface area contributed by atoms with Crippen LogP contribution in [0.1, 0.15) is 19.7 Å². The average Bonchev–Trinajstić information content (AvgIpc) is 2.71. The van der Waals surface area contributed by atoms with E-state index in [1.165, 1.54) is 0 Å². The van der Waals surface area contributed by atoms with Crippen LogP contribution in [0, 0.1) is 5.92 Å². The van der Waals surface area contributed by atoms with Gasteiger partial charge >= 0.3 is 12.0 Å². The Morgan fingerprint density at radius 2 is 2.17 bits per heavy atom. The van der Waals surface area contributed by atoms with Crippen molar-refractivity contribution in [1.82, 2.24) is 20.2 Å². The number of rotatable bonds is 5. The summed E-state index contributed by atoms with van der Waals surface area (Å²) in [6, 6.07) is -0.845. The molecule has 7 heteroatoms. The van der Waals surface area contributed by atoms with E-state index in [4.69, 9.17) is 5.11 Å². The van der Waals surface area contributed by atoms with E-state index >= 15 is 0 Å². The number of aryl methyl sites for hydroxylation is 1. The van der Waals surface area contributed by atoms with Crippen molar-refractivity contribution in [3.8, 4) is 0 Å². The third-order valence-electron chi connectivity index (χ3n) is 2.83. The monoisotopic (exact) mass is 254 g/mol. The molecule has 0 bridgehead atoms. The smallest absolute Gasteiger partial charge is 0.315 e. The van der Waals surface area contributed by atoms with E-state index < -0.39 is 24.0 Å². The summed E-state index contributed by atoms with van der Waals surface area (Å²) >= 11 is 0. The fourth-order valence-corrected chi connectivity index (χ4v) is 1.32. The van der Waals surface area contributed by atoms with E-state index in [0.29, 0.717) is 6.54 Å². The standard InChI is InChI=1S/C11H18N4O3/c1-7(10(16)17)8(2)14-11(18)13-6-9-12-4-5-15(9)3/h4-5,7-8H,6H2,1-3H3,(H,16,17)(H2,13,14,18). The summed E-state index contributed by atoms with van der Waals surface area (Å²) in [5, 5.41) is 14.0. The van der Waals surface area contributed by atoms with E-state index in [1.807, 2.05) is 7.05 Å². The minimum atomic E-state index is -0.938. The van der Waals surface area contributed by atoms with Gasteiger partial charge in [-0.25, -0.2) is 9.78 Å². The number of aromatic nitrogens is 2. The first-order valence-corrected chi connectivity index (χ1v) is 5.65. The number of nitrogens with zero attached hydrogens (tertiary/aromatic N) is 2. The molecule has 18 heavy (non-hydrogen) atoms. The van der Waals surface area contributed by atoms with Crippen LogP contribution >= 0.6 is 0 Å². The number of aliphatic carboxylic acids is 1. The number of carboxylic acid groups (broad SMARTS) is 1. The predicted octanol–water partition coefficient (Wildman–Crippen LogP) is 0.328. The van der Waals surface area contributed by atoms with E-state index in [1.54, 1.807) is 30.8 Å². The van der Waals surface area contributed by atoms with E-state index in [0.717, 1.165) is 5.82 Å². The summed E-state index contributed by atoms with van der Waals surface area (Å²) in [4.78, 5) is 26.3. The Kier molecular flexibility index (Phi) is 4.70. The minimum absolute atomic E-state index is 0.295. The van der Waals surface area contributed by atoms with Gasteiger partial charge in [0.2, 0.25) is 0 Å². The first-order valence-electron chi connectivity index (χ1n) is 5.65. The molecule has 1 aromatic rings. The van der Waals surface area contributed by atoms with Gasteiger partial charge in [0.25, 0.3) is 0 Å². The fraction of sp³-hybridized carbons (Fsp3) is 0.545. The van der Waals surface area contributed by atoms with Crippen molar-refractivity contribution in [2.45, 2.75) is 26.4 Å². The largest absolute Gasteiger partial charge is 0.481 e. The molecular weight excluding hydrogens is 236 g/mol. The Bertz CT molecular complexity index is 430.